The Morgan fingerprint density at radius 1 is 1.47 bits per heavy atom. The van der Waals surface area contributed by atoms with Crippen molar-refractivity contribution >= 4 is 11.6 Å². The van der Waals surface area contributed by atoms with E-state index in [4.69, 9.17) is 0 Å². The highest BCUT2D eigenvalue weighted by Gasteiger charge is 2.05. The van der Waals surface area contributed by atoms with Gasteiger partial charge in [0.05, 0.1) is 0 Å². The summed E-state index contributed by atoms with van der Waals surface area (Å²) in [7, 11) is 0. The van der Waals surface area contributed by atoms with Crippen LogP contribution in [-0.4, -0.2) is 15.5 Å². The molecule has 1 N–H and O–H groups in total. The molecule has 0 fully saturated rings. The average molecular weight is 229 g/mol. The van der Waals surface area contributed by atoms with Crippen molar-refractivity contribution in [3.63, 3.8) is 0 Å². The van der Waals surface area contributed by atoms with Gasteiger partial charge in [0.15, 0.2) is 0 Å². The first-order chi connectivity index (χ1) is 8.20. The molecule has 0 saturated carbocycles. The maximum atomic E-state index is 11.0. The first kappa shape index (κ1) is 11.4. The van der Waals surface area contributed by atoms with Gasteiger partial charge in [-0.05, 0) is 19.1 Å². The van der Waals surface area contributed by atoms with E-state index in [0.29, 0.717) is 0 Å². The van der Waals surface area contributed by atoms with Gasteiger partial charge >= 0.3 is 0 Å². The Kier molecular flexibility index (Phi) is 3.23. The molecule has 1 aromatic heterocycles. The highest BCUT2D eigenvalue weighted by atomic mass is 16.1. The van der Waals surface area contributed by atoms with Crippen LogP contribution in [0.25, 0.3) is 11.4 Å². The SMILES string of the molecule is CCn1ccnc1-c1cccc(NC(C)=O)c1. The molecule has 2 aromatic rings. The van der Waals surface area contributed by atoms with Crippen molar-refractivity contribution in [1.82, 2.24) is 9.55 Å². The quantitative estimate of drug-likeness (QED) is 0.879. The molecule has 0 saturated heterocycles. The number of hydrogen-bond acceptors (Lipinski definition) is 2. The predicted molar refractivity (Wildman–Crippen MR) is 67.6 cm³/mol. The standard InChI is InChI=1S/C13H15N3O/c1-3-16-8-7-14-13(16)11-5-4-6-12(9-11)15-10(2)17/h4-9H,3H2,1-2H3,(H,15,17). The van der Waals surface area contributed by atoms with Gasteiger partial charge in [-0.15, -0.1) is 0 Å². The molecule has 88 valence electrons. The number of carbonyl (C=O) groups excluding carboxylic acids is 1. The second-order valence-electron chi connectivity index (χ2n) is 3.80. The van der Waals surface area contributed by atoms with Crippen LogP contribution in [0.15, 0.2) is 36.7 Å². The van der Waals surface area contributed by atoms with Crippen LogP contribution in [0, 0.1) is 0 Å². The largest absolute Gasteiger partial charge is 0.331 e. The Morgan fingerprint density at radius 3 is 3.00 bits per heavy atom. The van der Waals surface area contributed by atoms with Crippen LogP contribution in [0.3, 0.4) is 0 Å². The molecule has 0 unspecified atom stereocenters. The van der Waals surface area contributed by atoms with E-state index in [1.807, 2.05) is 30.5 Å². The van der Waals surface area contributed by atoms with E-state index in [-0.39, 0.29) is 5.91 Å². The summed E-state index contributed by atoms with van der Waals surface area (Å²) in [5.41, 5.74) is 1.80. The van der Waals surface area contributed by atoms with Gasteiger partial charge in [0.1, 0.15) is 5.82 Å². The lowest BCUT2D eigenvalue weighted by Crippen LogP contribution is -2.05. The fraction of sp³-hybridized carbons (Fsp3) is 0.231. The van der Waals surface area contributed by atoms with Crippen molar-refractivity contribution in [1.29, 1.82) is 0 Å². The van der Waals surface area contributed by atoms with Gasteiger partial charge in [-0.1, -0.05) is 12.1 Å². The molecule has 1 aromatic carbocycles. The molecule has 0 atom stereocenters. The van der Waals surface area contributed by atoms with Crippen molar-refractivity contribution in [2.24, 2.45) is 0 Å². The van der Waals surface area contributed by atoms with Gasteiger partial charge in [-0.2, -0.15) is 0 Å². The molecule has 0 radical (unpaired) electrons. The van der Waals surface area contributed by atoms with Crippen LogP contribution in [0.4, 0.5) is 5.69 Å². The third-order valence-corrected chi connectivity index (χ3v) is 2.50. The molecule has 17 heavy (non-hydrogen) atoms. The molecule has 0 bridgehead atoms. The van der Waals surface area contributed by atoms with Gasteiger partial charge in [0, 0.05) is 37.1 Å². The van der Waals surface area contributed by atoms with Crippen LogP contribution < -0.4 is 5.32 Å². The molecule has 4 nitrogen and oxygen atoms in total. The zero-order chi connectivity index (χ0) is 12.3. The summed E-state index contributed by atoms with van der Waals surface area (Å²) in [5.74, 6) is 0.848. The molecule has 2 rings (SSSR count). The predicted octanol–water partition coefficient (Wildman–Crippen LogP) is 2.53. The Hall–Kier alpha value is -2.10. The van der Waals surface area contributed by atoms with E-state index in [1.54, 1.807) is 6.20 Å². The van der Waals surface area contributed by atoms with Crippen LogP contribution >= 0.6 is 0 Å². The summed E-state index contributed by atoms with van der Waals surface area (Å²) >= 11 is 0. The summed E-state index contributed by atoms with van der Waals surface area (Å²) < 4.78 is 2.06. The minimum Gasteiger partial charge on any atom is -0.331 e. The van der Waals surface area contributed by atoms with Crippen molar-refractivity contribution in [3.8, 4) is 11.4 Å². The molecular weight excluding hydrogens is 214 g/mol. The Labute approximate surface area is 100 Å². The number of carbonyl (C=O) groups is 1. The molecule has 0 aliphatic heterocycles. The van der Waals surface area contributed by atoms with Gasteiger partial charge in [-0.25, -0.2) is 4.98 Å². The summed E-state index contributed by atoms with van der Waals surface area (Å²) in [4.78, 5) is 15.3. The minimum absolute atomic E-state index is 0.0685. The second kappa shape index (κ2) is 4.82. The maximum Gasteiger partial charge on any atom is 0.221 e. The number of rotatable bonds is 3. The molecule has 0 spiro atoms. The number of anilines is 1. The highest BCUT2D eigenvalue weighted by molar-refractivity contribution is 5.89. The lowest BCUT2D eigenvalue weighted by molar-refractivity contribution is -0.114. The minimum atomic E-state index is -0.0685. The summed E-state index contributed by atoms with van der Waals surface area (Å²) in [6.45, 7) is 4.45. The Bertz CT molecular complexity index is 531. The zero-order valence-electron chi connectivity index (χ0n) is 9.97. The smallest absolute Gasteiger partial charge is 0.221 e. The summed E-state index contributed by atoms with van der Waals surface area (Å²) in [5, 5.41) is 2.77. The van der Waals surface area contributed by atoms with Crippen molar-refractivity contribution in [3.05, 3.63) is 36.7 Å². The first-order valence-electron chi connectivity index (χ1n) is 5.60. The van der Waals surface area contributed by atoms with Gasteiger partial charge < -0.3 is 9.88 Å². The number of benzene rings is 1. The van der Waals surface area contributed by atoms with Crippen molar-refractivity contribution in [2.75, 3.05) is 5.32 Å². The molecular formula is C13H15N3O. The number of aryl methyl sites for hydroxylation is 1. The first-order valence-corrected chi connectivity index (χ1v) is 5.60. The Morgan fingerprint density at radius 2 is 2.29 bits per heavy atom. The number of amides is 1. The Balaban J connectivity index is 2.36. The molecule has 1 amide bonds. The fourth-order valence-electron chi connectivity index (χ4n) is 1.76. The topological polar surface area (TPSA) is 46.9 Å². The van der Waals surface area contributed by atoms with E-state index < -0.39 is 0 Å². The molecule has 0 aliphatic rings. The average Bonchev–Trinajstić information content (AvgIpc) is 2.76. The fourth-order valence-corrected chi connectivity index (χ4v) is 1.76. The number of hydrogen-bond donors (Lipinski definition) is 1. The van der Waals surface area contributed by atoms with E-state index in [9.17, 15) is 4.79 Å². The molecule has 4 heteroatoms. The van der Waals surface area contributed by atoms with E-state index in [1.165, 1.54) is 6.92 Å². The monoisotopic (exact) mass is 229 g/mol. The van der Waals surface area contributed by atoms with Gasteiger partial charge in [-0.3, -0.25) is 4.79 Å². The van der Waals surface area contributed by atoms with Crippen LogP contribution in [0.2, 0.25) is 0 Å². The van der Waals surface area contributed by atoms with Crippen molar-refractivity contribution < 1.29 is 4.79 Å². The van der Waals surface area contributed by atoms with Crippen molar-refractivity contribution in [2.45, 2.75) is 20.4 Å². The number of imidazole rings is 1. The number of nitrogens with zero attached hydrogens (tertiary/aromatic N) is 2. The zero-order valence-corrected chi connectivity index (χ0v) is 9.97. The number of aromatic nitrogens is 2. The molecule has 0 aliphatic carbocycles. The van der Waals surface area contributed by atoms with Gasteiger partial charge in [0.2, 0.25) is 5.91 Å². The van der Waals surface area contributed by atoms with E-state index in [0.717, 1.165) is 23.6 Å². The third-order valence-electron chi connectivity index (χ3n) is 2.50. The van der Waals surface area contributed by atoms with Gasteiger partial charge in [0.25, 0.3) is 0 Å². The highest BCUT2D eigenvalue weighted by Crippen LogP contribution is 2.21. The molecule has 1 heterocycles. The van der Waals surface area contributed by atoms with Crippen LogP contribution in [0.1, 0.15) is 13.8 Å². The summed E-state index contributed by atoms with van der Waals surface area (Å²) in [6, 6.07) is 7.69. The maximum absolute atomic E-state index is 11.0. The summed E-state index contributed by atoms with van der Waals surface area (Å²) in [6.07, 6.45) is 3.73. The lowest BCUT2D eigenvalue weighted by Gasteiger charge is -2.07. The third kappa shape index (κ3) is 2.53. The normalized spacial score (nSPS) is 10.2. The number of nitrogens with one attached hydrogen (secondary N) is 1. The second-order valence-corrected chi connectivity index (χ2v) is 3.80. The van der Waals surface area contributed by atoms with E-state index >= 15 is 0 Å². The van der Waals surface area contributed by atoms with E-state index in [2.05, 4.69) is 21.8 Å². The van der Waals surface area contributed by atoms with Crippen LogP contribution in [-0.2, 0) is 11.3 Å². The van der Waals surface area contributed by atoms with Crippen LogP contribution in [0.5, 0.6) is 0 Å². The lowest BCUT2D eigenvalue weighted by atomic mass is 10.2.